The molecule has 6 heteroatoms. The molecule has 0 aliphatic carbocycles. The zero-order valence-electron chi connectivity index (χ0n) is 11.2. The highest BCUT2D eigenvalue weighted by Gasteiger charge is 2.25. The van der Waals surface area contributed by atoms with Crippen molar-refractivity contribution in [3.8, 4) is 0 Å². The Bertz CT molecular complexity index is 502. The second-order valence-electron chi connectivity index (χ2n) is 4.88. The van der Waals surface area contributed by atoms with Crippen LogP contribution in [0.5, 0.6) is 0 Å². The highest BCUT2D eigenvalue weighted by atomic mass is 35.5. The van der Waals surface area contributed by atoms with Crippen LogP contribution in [-0.2, 0) is 0 Å². The van der Waals surface area contributed by atoms with E-state index in [9.17, 15) is 4.79 Å². The maximum atomic E-state index is 12.5. The van der Waals surface area contributed by atoms with Crippen molar-refractivity contribution in [2.24, 2.45) is 5.92 Å². The molecule has 110 valence electrons. The van der Waals surface area contributed by atoms with Crippen LogP contribution < -0.4 is 0 Å². The number of rotatable bonds is 3. The lowest BCUT2D eigenvalue weighted by molar-refractivity contribution is 0.0651. The molecule has 0 spiro atoms. The van der Waals surface area contributed by atoms with Gasteiger partial charge in [-0.1, -0.05) is 23.2 Å². The predicted molar refractivity (Wildman–Crippen MR) is 84.0 cm³/mol. The second kappa shape index (κ2) is 7.03. The molecule has 0 radical (unpaired) electrons. The molecule has 1 amide bonds. The van der Waals surface area contributed by atoms with E-state index in [0.717, 1.165) is 17.7 Å². The number of likely N-dealkylation sites (tertiary alicyclic amines) is 1. The second-order valence-corrected chi connectivity index (χ2v) is 6.55. The first-order valence-electron chi connectivity index (χ1n) is 6.50. The minimum absolute atomic E-state index is 0.0571. The van der Waals surface area contributed by atoms with Crippen LogP contribution >= 0.6 is 35.0 Å². The van der Waals surface area contributed by atoms with Crippen molar-refractivity contribution in [2.75, 3.05) is 26.0 Å². The Morgan fingerprint density at radius 2 is 2.00 bits per heavy atom. The van der Waals surface area contributed by atoms with Gasteiger partial charge in [0.05, 0.1) is 15.6 Å². The lowest BCUT2D eigenvalue weighted by Gasteiger charge is -2.31. The zero-order chi connectivity index (χ0) is 14.7. The van der Waals surface area contributed by atoms with Gasteiger partial charge in [0, 0.05) is 24.6 Å². The summed E-state index contributed by atoms with van der Waals surface area (Å²) in [6.45, 7) is 1.52. The van der Waals surface area contributed by atoms with Crippen LogP contribution in [0.1, 0.15) is 23.2 Å². The van der Waals surface area contributed by atoms with E-state index in [2.05, 4.69) is 0 Å². The fraction of sp³-hybridized carbons (Fsp3) is 0.500. The number of carbonyl (C=O) groups is 1. The average Bonchev–Trinajstić information content (AvgIpc) is 2.47. The summed E-state index contributed by atoms with van der Waals surface area (Å²) in [6.07, 6.45) is 3.59. The van der Waals surface area contributed by atoms with Crippen LogP contribution in [0.3, 0.4) is 0 Å². The van der Waals surface area contributed by atoms with Gasteiger partial charge in [0.2, 0.25) is 0 Å². The topological polar surface area (TPSA) is 40.5 Å². The molecular weight excluding hydrogens is 317 g/mol. The molecule has 0 bridgehead atoms. The smallest absolute Gasteiger partial charge is 0.255 e. The Morgan fingerprint density at radius 1 is 1.35 bits per heavy atom. The highest BCUT2D eigenvalue weighted by molar-refractivity contribution is 7.98. The van der Waals surface area contributed by atoms with Crippen molar-refractivity contribution in [1.82, 2.24) is 4.90 Å². The monoisotopic (exact) mass is 333 g/mol. The Balaban J connectivity index is 2.17. The van der Waals surface area contributed by atoms with Crippen LogP contribution in [0.25, 0.3) is 0 Å². The first-order valence-corrected chi connectivity index (χ1v) is 8.48. The number of nitrogens with zero attached hydrogens (tertiary/aromatic N) is 1. The van der Waals surface area contributed by atoms with E-state index in [1.807, 2.05) is 6.26 Å². The summed E-state index contributed by atoms with van der Waals surface area (Å²) in [6, 6.07) is 3.39. The van der Waals surface area contributed by atoms with Crippen molar-refractivity contribution in [2.45, 2.75) is 17.7 Å². The largest absolute Gasteiger partial charge is 0.396 e. The van der Waals surface area contributed by atoms with Gasteiger partial charge in [-0.3, -0.25) is 4.79 Å². The number of aliphatic hydroxyl groups is 1. The molecule has 1 fully saturated rings. The highest BCUT2D eigenvalue weighted by Crippen LogP contribution is 2.32. The third-order valence-electron chi connectivity index (χ3n) is 3.63. The van der Waals surface area contributed by atoms with E-state index in [0.29, 0.717) is 34.6 Å². The number of piperidine rings is 1. The summed E-state index contributed by atoms with van der Waals surface area (Å²) >= 11 is 13.7. The van der Waals surface area contributed by atoms with E-state index in [-0.39, 0.29) is 12.5 Å². The van der Waals surface area contributed by atoms with Crippen LogP contribution in [-0.4, -0.2) is 41.9 Å². The third kappa shape index (κ3) is 3.42. The third-order valence-corrected chi connectivity index (χ3v) is 5.15. The molecule has 0 aromatic heterocycles. The molecule has 2 rings (SSSR count). The summed E-state index contributed by atoms with van der Waals surface area (Å²) < 4.78 is 0. The normalized spacial score (nSPS) is 16.5. The summed E-state index contributed by atoms with van der Waals surface area (Å²) in [5.41, 5.74) is 0.503. The Kier molecular flexibility index (Phi) is 5.61. The first kappa shape index (κ1) is 16.0. The molecule has 1 aliphatic heterocycles. The quantitative estimate of drug-likeness (QED) is 0.860. The summed E-state index contributed by atoms with van der Waals surface area (Å²) in [5.74, 6) is 0.250. The lowest BCUT2D eigenvalue weighted by Crippen LogP contribution is -2.39. The Hall–Kier alpha value is -0.420. The van der Waals surface area contributed by atoms with Crippen molar-refractivity contribution in [1.29, 1.82) is 0 Å². The first-order chi connectivity index (χ1) is 9.56. The van der Waals surface area contributed by atoms with Gasteiger partial charge in [-0.2, -0.15) is 0 Å². The molecule has 1 aromatic rings. The van der Waals surface area contributed by atoms with Gasteiger partial charge >= 0.3 is 0 Å². The van der Waals surface area contributed by atoms with E-state index in [1.54, 1.807) is 17.0 Å². The summed E-state index contributed by atoms with van der Waals surface area (Å²) in [5, 5.41) is 10.1. The van der Waals surface area contributed by atoms with Crippen molar-refractivity contribution < 1.29 is 9.90 Å². The van der Waals surface area contributed by atoms with Crippen molar-refractivity contribution in [3.05, 3.63) is 27.7 Å². The molecule has 20 heavy (non-hydrogen) atoms. The molecule has 1 saturated heterocycles. The van der Waals surface area contributed by atoms with Crippen LogP contribution in [0.15, 0.2) is 17.0 Å². The Morgan fingerprint density at radius 3 is 2.55 bits per heavy atom. The summed E-state index contributed by atoms with van der Waals surface area (Å²) in [7, 11) is 0. The molecule has 1 aliphatic rings. The fourth-order valence-corrected chi connectivity index (χ4v) is 3.52. The number of halogens is 2. The van der Waals surface area contributed by atoms with Gasteiger partial charge in [0.25, 0.3) is 5.91 Å². The minimum atomic E-state index is -0.0571. The molecule has 0 saturated carbocycles. The van der Waals surface area contributed by atoms with Crippen LogP contribution in [0.2, 0.25) is 10.0 Å². The molecule has 1 heterocycles. The van der Waals surface area contributed by atoms with E-state index >= 15 is 0 Å². The maximum absolute atomic E-state index is 12.5. The number of hydrogen-bond acceptors (Lipinski definition) is 3. The number of aliphatic hydroxyl groups excluding tert-OH is 1. The number of amides is 1. The van der Waals surface area contributed by atoms with Gasteiger partial charge in [-0.05, 0) is 37.1 Å². The molecular formula is C14H17Cl2NO2S. The van der Waals surface area contributed by atoms with Crippen molar-refractivity contribution >= 4 is 40.9 Å². The van der Waals surface area contributed by atoms with Gasteiger partial charge in [-0.15, -0.1) is 11.8 Å². The molecule has 0 unspecified atom stereocenters. The van der Waals surface area contributed by atoms with Gasteiger partial charge < -0.3 is 10.0 Å². The van der Waals surface area contributed by atoms with Crippen LogP contribution in [0.4, 0.5) is 0 Å². The van der Waals surface area contributed by atoms with E-state index in [4.69, 9.17) is 28.3 Å². The van der Waals surface area contributed by atoms with Gasteiger partial charge in [-0.25, -0.2) is 0 Å². The molecule has 1 aromatic carbocycles. The number of hydrogen-bond donors (Lipinski definition) is 1. The SMILES string of the molecule is CSc1cc(C(=O)N2CCC(CO)CC2)c(Cl)cc1Cl. The predicted octanol–water partition coefficient (Wildman–Crippen LogP) is 3.56. The fourth-order valence-electron chi connectivity index (χ4n) is 2.34. The van der Waals surface area contributed by atoms with Crippen molar-refractivity contribution in [3.63, 3.8) is 0 Å². The molecule has 1 N–H and O–H groups in total. The van der Waals surface area contributed by atoms with Crippen LogP contribution in [0, 0.1) is 5.92 Å². The molecule has 3 nitrogen and oxygen atoms in total. The maximum Gasteiger partial charge on any atom is 0.255 e. The van der Waals surface area contributed by atoms with Gasteiger partial charge in [0.1, 0.15) is 0 Å². The number of thioether (sulfide) groups is 1. The van der Waals surface area contributed by atoms with E-state index in [1.165, 1.54) is 11.8 Å². The van der Waals surface area contributed by atoms with Gasteiger partial charge in [0.15, 0.2) is 0 Å². The average molecular weight is 334 g/mol. The number of carbonyl (C=O) groups excluding carboxylic acids is 1. The van der Waals surface area contributed by atoms with E-state index < -0.39 is 0 Å². The summed E-state index contributed by atoms with van der Waals surface area (Å²) in [4.78, 5) is 15.2. The molecule has 0 atom stereocenters. The standard InChI is InChI=1S/C14H17Cl2NO2S/c1-20-13-6-10(11(15)7-12(13)16)14(19)17-4-2-9(8-18)3-5-17/h6-7,9,18H,2-5,8H2,1H3. The number of benzene rings is 1. The minimum Gasteiger partial charge on any atom is -0.396 e. The Labute approximate surface area is 133 Å². The lowest BCUT2D eigenvalue weighted by atomic mass is 9.97. The zero-order valence-corrected chi connectivity index (χ0v) is 13.6.